The number of aliphatic imine (C=N–C) groups is 1. The smallest absolute Gasteiger partial charge is 0.277 e. The van der Waals surface area contributed by atoms with E-state index < -0.39 is 13.6 Å². The molecule has 0 saturated heterocycles. The summed E-state index contributed by atoms with van der Waals surface area (Å²) in [5.74, 6) is 0.743. The zero-order chi connectivity index (χ0) is 23.3. The molecule has 2 aromatic rings. The molecule has 2 heterocycles. The Balaban J connectivity index is 1.53. The molecule has 0 spiro atoms. The number of nitrogens with zero attached hydrogens (tertiary/aromatic N) is 2. The van der Waals surface area contributed by atoms with Gasteiger partial charge in [-0.3, -0.25) is 9.78 Å². The lowest BCUT2D eigenvalue weighted by Gasteiger charge is -2.27. The van der Waals surface area contributed by atoms with Gasteiger partial charge in [0.25, 0.3) is 6.43 Å². The summed E-state index contributed by atoms with van der Waals surface area (Å²) in [4.78, 5) is 21.1. The van der Waals surface area contributed by atoms with Crippen LogP contribution >= 0.6 is 7.14 Å². The van der Waals surface area contributed by atoms with E-state index in [2.05, 4.69) is 21.4 Å². The largest absolute Gasteiger partial charge is 0.353 e. The van der Waals surface area contributed by atoms with E-state index >= 15 is 0 Å². The van der Waals surface area contributed by atoms with Gasteiger partial charge in [-0.15, -0.1) is 0 Å². The summed E-state index contributed by atoms with van der Waals surface area (Å²) in [6, 6.07) is 7.74. The van der Waals surface area contributed by atoms with Crippen LogP contribution in [-0.2, 0) is 22.2 Å². The van der Waals surface area contributed by atoms with Gasteiger partial charge in [-0.2, -0.15) is 0 Å². The van der Waals surface area contributed by atoms with E-state index in [1.54, 1.807) is 19.4 Å². The van der Waals surface area contributed by atoms with Crippen LogP contribution in [0.2, 0.25) is 0 Å². The minimum atomic E-state index is -2.66. The second-order valence-electron chi connectivity index (χ2n) is 9.83. The molecule has 33 heavy (non-hydrogen) atoms. The van der Waals surface area contributed by atoms with Crippen LogP contribution in [0.5, 0.6) is 0 Å². The zero-order valence-corrected chi connectivity index (χ0v) is 19.8. The molecule has 0 unspecified atom stereocenters. The third-order valence-electron chi connectivity index (χ3n) is 6.81. The number of carbonyl (C=O) groups excluding carboxylic acids is 1. The maximum atomic E-state index is 13.4. The van der Waals surface area contributed by atoms with Crippen molar-refractivity contribution in [2.45, 2.75) is 57.3 Å². The van der Waals surface area contributed by atoms with Crippen molar-refractivity contribution in [3.8, 4) is 0 Å². The first kappa shape index (κ1) is 22.4. The number of alkyl halides is 2. The molecule has 174 valence electrons. The van der Waals surface area contributed by atoms with Gasteiger partial charge in [0.15, 0.2) is 0 Å². The van der Waals surface area contributed by atoms with Gasteiger partial charge in [0.2, 0.25) is 0 Å². The van der Waals surface area contributed by atoms with E-state index in [0.717, 1.165) is 31.0 Å². The van der Waals surface area contributed by atoms with E-state index in [0.29, 0.717) is 34.4 Å². The highest BCUT2D eigenvalue weighted by Gasteiger charge is 2.31. The molecule has 0 radical (unpaired) electrons. The summed E-state index contributed by atoms with van der Waals surface area (Å²) in [5, 5.41) is 4.06. The minimum Gasteiger partial charge on any atom is -0.353 e. The zero-order valence-electron chi connectivity index (χ0n) is 18.9. The lowest BCUT2D eigenvalue weighted by atomic mass is 9.80. The molecule has 0 atom stereocenters. The van der Waals surface area contributed by atoms with Crippen LogP contribution in [0.15, 0.2) is 29.3 Å². The monoisotopic (exact) mass is 471 g/mol. The van der Waals surface area contributed by atoms with Gasteiger partial charge in [0, 0.05) is 29.8 Å². The van der Waals surface area contributed by atoms with Gasteiger partial charge in [-0.25, -0.2) is 13.8 Å². The predicted octanol–water partition coefficient (Wildman–Crippen LogP) is 5.76. The van der Waals surface area contributed by atoms with E-state index in [9.17, 15) is 18.1 Å². The van der Waals surface area contributed by atoms with Crippen molar-refractivity contribution >= 4 is 41.0 Å². The van der Waals surface area contributed by atoms with Crippen LogP contribution in [0.25, 0.3) is 0 Å². The number of halogens is 2. The van der Waals surface area contributed by atoms with E-state index in [1.165, 1.54) is 12.0 Å². The Morgan fingerprint density at radius 2 is 1.91 bits per heavy atom. The number of carbonyl (C=O) groups is 1. The summed E-state index contributed by atoms with van der Waals surface area (Å²) in [5.41, 5.74) is 3.58. The Labute approximate surface area is 192 Å². The maximum absolute atomic E-state index is 13.4. The number of rotatable bonds is 8. The standard InChI is InChI=1S/C25H28F2N3O2P/c1-33(2,32)23-10-16(14-4-3-5-14)8-9-18(23)29-19-11-17(12-22(31)15-6-7-15)28-20-13-21(25(26)27)30-24(19)20/h8-11,14-15,25H,3-7,12-13H2,1-2H3,(H,28,29). The summed E-state index contributed by atoms with van der Waals surface area (Å²) in [6.07, 6.45) is 2.82. The van der Waals surface area contributed by atoms with Gasteiger partial charge >= 0.3 is 0 Å². The maximum Gasteiger partial charge on any atom is 0.277 e. The first-order valence-corrected chi connectivity index (χ1v) is 14.2. The van der Waals surface area contributed by atoms with Crippen LogP contribution in [0.4, 0.5) is 25.8 Å². The molecule has 1 N–H and O–H groups in total. The highest BCUT2D eigenvalue weighted by atomic mass is 31.2. The number of nitrogens with one attached hydrogen (secondary N) is 1. The lowest BCUT2D eigenvalue weighted by molar-refractivity contribution is -0.119. The third-order valence-corrected chi connectivity index (χ3v) is 8.34. The van der Waals surface area contributed by atoms with Crippen LogP contribution in [0, 0.1) is 5.92 Å². The van der Waals surface area contributed by atoms with Crippen molar-refractivity contribution in [2.75, 3.05) is 18.6 Å². The number of fused-ring (bicyclic) bond motifs is 1. The Kier molecular flexibility index (Phi) is 5.72. The van der Waals surface area contributed by atoms with Gasteiger partial charge in [-0.1, -0.05) is 12.5 Å². The van der Waals surface area contributed by atoms with E-state index in [4.69, 9.17) is 0 Å². The van der Waals surface area contributed by atoms with Crippen molar-refractivity contribution < 1.29 is 18.1 Å². The average Bonchev–Trinajstić information content (AvgIpc) is 3.46. The minimum absolute atomic E-state index is 0.0271. The number of hydrogen-bond acceptors (Lipinski definition) is 5. The first-order chi connectivity index (χ1) is 15.7. The molecule has 5 nitrogen and oxygen atoms in total. The summed E-state index contributed by atoms with van der Waals surface area (Å²) in [7, 11) is -2.62. The summed E-state index contributed by atoms with van der Waals surface area (Å²) in [6.45, 7) is 3.48. The van der Waals surface area contributed by atoms with Crippen LogP contribution < -0.4 is 10.6 Å². The Hall–Kier alpha value is -2.40. The molecule has 1 aliphatic heterocycles. The number of Topliss-reactive ketones (excluding diaryl/α,β-unsaturated/α-hetero) is 1. The van der Waals surface area contributed by atoms with E-state index in [-0.39, 0.29) is 30.3 Å². The Morgan fingerprint density at radius 1 is 1.15 bits per heavy atom. The third kappa shape index (κ3) is 4.65. The second kappa shape index (κ2) is 8.43. The second-order valence-corrected chi connectivity index (χ2v) is 13.0. The van der Waals surface area contributed by atoms with Crippen molar-refractivity contribution in [2.24, 2.45) is 10.9 Å². The highest BCUT2D eigenvalue weighted by molar-refractivity contribution is 7.70. The average molecular weight is 471 g/mol. The molecule has 0 amide bonds. The van der Waals surface area contributed by atoms with Crippen LogP contribution in [-0.4, -0.2) is 36.2 Å². The molecule has 2 aliphatic carbocycles. The molecule has 5 rings (SSSR count). The lowest BCUT2D eigenvalue weighted by Crippen LogP contribution is -2.15. The van der Waals surface area contributed by atoms with E-state index in [1.807, 2.05) is 12.1 Å². The fourth-order valence-corrected chi connectivity index (χ4v) is 5.70. The molecular weight excluding hydrogens is 443 g/mol. The van der Waals surface area contributed by atoms with Crippen molar-refractivity contribution in [1.29, 1.82) is 0 Å². The van der Waals surface area contributed by atoms with Gasteiger partial charge < -0.3 is 9.88 Å². The molecule has 1 aromatic carbocycles. The number of ketones is 1. The van der Waals surface area contributed by atoms with Crippen LogP contribution in [0.3, 0.4) is 0 Å². The fourth-order valence-electron chi connectivity index (χ4n) is 4.53. The summed E-state index contributed by atoms with van der Waals surface area (Å²) >= 11 is 0. The molecule has 8 heteroatoms. The van der Waals surface area contributed by atoms with Gasteiger partial charge in [0.1, 0.15) is 18.6 Å². The van der Waals surface area contributed by atoms with Gasteiger partial charge in [0.05, 0.1) is 22.8 Å². The van der Waals surface area contributed by atoms with Crippen molar-refractivity contribution in [1.82, 2.24) is 4.98 Å². The molecule has 2 saturated carbocycles. The number of hydrogen-bond donors (Lipinski definition) is 1. The first-order valence-electron chi connectivity index (χ1n) is 11.6. The summed E-state index contributed by atoms with van der Waals surface area (Å²) < 4.78 is 39.9. The molecule has 1 aromatic heterocycles. The molecule has 0 bridgehead atoms. The molecule has 3 aliphatic rings. The normalized spacial score (nSPS) is 18.2. The highest BCUT2D eigenvalue weighted by Crippen LogP contribution is 2.44. The SMILES string of the molecule is CP(C)(=O)c1cc(C2CCC2)ccc1Nc1cc(CC(=O)C2CC2)nc2c1N=C(C(F)F)C2. The number of benzene rings is 1. The quantitative estimate of drug-likeness (QED) is 0.497. The Morgan fingerprint density at radius 3 is 2.52 bits per heavy atom. The number of anilines is 2. The Bertz CT molecular complexity index is 1200. The van der Waals surface area contributed by atoms with Crippen molar-refractivity contribution in [3.63, 3.8) is 0 Å². The van der Waals surface area contributed by atoms with Crippen molar-refractivity contribution in [3.05, 3.63) is 41.2 Å². The predicted molar refractivity (Wildman–Crippen MR) is 128 cm³/mol. The number of pyridine rings is 1. The molecular formula is C25H28F2N3O2P. The topological polar surface area (TPSA) is 71.4 Å². The number of aromatic nitrogens is 1. The molecule has 2 fully saturated rings. The van der Waals surface area contributed by atoms with Gasteiger partial charge in [-0.05, 0) is 68.7 Å². The van der Waals surface area contributed by atoms with Crippen LogP contribution in [0.1, 0.15) is 55.0 Å². The fraction of sp³-hybridized carbons (Fsp3) is 0.480.